The van der Waals surface area contributed by atoms with Crippen molar-refractivity contribution in [3.8, 4) is 10.6 Å². The van der Waals surface area contributed by atoms with Crippen LogP contribution in [0.5, 0.6) is 0 Å². The summed E-state index contributed by atoms with van der Waals surface area (Å²) in [5, 5.41) is 10.5. The maximum atomic E-state index is 4.26. The quantitative estimate of drug-likeness (QED) is 0.427. The van der Waals surface area contributed by atoms with Crippen molar-refractivity contribution in [2.24, 2.45) is 0 Å². The summed E-state index contributed by atoms with van der Waals surface area (Å²) in [5.74, 6) is 0. The summed E-state index contributed by atoms with van der Waals surface area (Å²) in [6.45, 7) is 2.13. The molecule has 0 bridgehead atoms. The molecule has 1 aromatic heterocycles. The Bertz CT molecular complexity index is 530. The van der Waals surface area contributed by atoms with Gasteiger partial charge >= 0.3 is 0 Å². The maximum Gasteiger partial charge on any atom is 0.149 e. The molecule has 2 aromatic rings. The fourth-order valence-electron chi connectivity index (χ4n) is 1.31. The third kappa shape index (κ3) is 3.27. The van der Waals surface area contributed by atoms with Gasteiger partial charge < -0.3 is 0 Å². The highest BCUT2D eigenvalue weighted by atomic mass is 127. The summed E-state index contributed by atoms with van der Waals surface area (Å²) in [6.07, 6.45) is 1.02. The van der Waals surface area contributed by atoms with Crippen LogP contribution in [0.2, 0.25) is 0 Å². The lowest BCUT2D eigenvalue weighted by Crippen LogP contribution is -1.85. The van der Waals surface area contributed by atoms with Crippen molar-refractivity contribution < 1.29 is 0 Å². The zero-order valence-corrected chi connectivity index (χ0v) is 15.1. The third-order valence-corrected chi connectivity index (χ3v) is 6.04. The average molecular weight is 488 g/mol. The normalized spacial score (nSPS) is 12.7. The minimum atomic E-state index is 0.301. The lowest BCUT2D eigenvalue weighted by atomic mass is 10.2. The molecule has 0 aliphatic heterocycles. The Hall–Kier alpha value is 0.470. The summed E-state index contributed by atoms with van der Waals surface area (Å²) >= 11 is 11.1. The van der Waals surface area contributed by atoms with Crippen LogP contribution in [0, 0.1) is 3.57 Å². The summed E-state index contributed by atoms with van der Waals surface area (Å²) in [4.78, 5) is 0.301. The standard InChI is InChI=1S/C11H9Br2IN2S/c1-2-8(12)11-16-15-10(17-11)7-5-6(14)3-4-9(7)13/h3-5,8H,2H2,1H3. The van der Waals surface area contributed by atoms with E-state index < -0.39 is 0 Å². The number of hydrogen-bond acceptors (Lipinski definition) is 3. The first-order valence-corrected chi connectivity index (χ1v) is 8.65. The molecule has 0 fully saturated rings. The molecule has 1 atom stereocenters. The van der Waals surface area contributed by atoms with Gasteiger partial charge in [0.15, 0.2) is 0 Å². The molecule has 90 valence electrons. The lowest BCUT2D eigenvalue weighted by molar-refractivity contribution is 0.870. The number of alkyl halides is 1. The van der Waals surface area contributed by atoms with Crippen molar-refractivity contribution in [2.75, 3.05) is 0 Å². The number of nitrogens with zero attached hydrogens (tertiary/aromatic N) is 2. The highest BCUT2D eigenvalue weighted by molar-refractivity contribution is 14.1. The highest BCUT2D eigenvalue weighted by Gasteiger charge is 2.14. The van der Waals surface area contributed by atoms with Gasteiger partial charge in [-0.25, -0.2) is 0 Å². The van der Waals surface area contributed by atoms with Gasteiger partial charge in [0.05, 0.1) is 4.83 Å². The third-order valence-electron chi connectivity index (χ3n) is 2.23. The molecular formula is C11H9Br2IN2S. The molecule has 17 heavy (non-hydrogen) atoms. The summed E-state index contributed by atoms with van der Waals surface area (Å²) in [6, 6.07) is 6.23. The van der Waals surface area contributed by atoms with E-state index >= 15 is 0 Å². The van der Waals surface area contributed by atoms with E-state index in [2.05, 4.69) is 83.7 Å². The van der Waals surface area contributed by atoms with E-state index in [0.29, 0.717) is 4.83 Å². The van der Waals surface area contributed by atoms with Gasteiger partial charge in [-0.15, -0.1) is 10.2 Å². The number of rotatable bonds is 3. The number of halogens is 3. The zero-order valence-electron chi connectivity index (χ0n) is 8.95. The Balaban J connectivity index is 2.40. The molecule has 0 spiro atoms. The molecule has 2 rings (SSSR count). The number of benzene rings is 1. The molecule has 1 aromatic carbocycles. The molecule has 0 aliphatic carbocycles. The van der Waals surface area contributed by atoms with E-state index in [1.807, 2.05) is 6.07 Å². The van der Waals surface area contributed by atoms with Gasteiger partial charge in [-0.3, -0.25) is 0 Å². The molecule has 0 amide bonds. The lowest BCUT2D eigenvalue weighted by Gasteiger charge is -2.01. The Morgan fingerprint density at radius 2 is 2.18 bits per heavy atom. The number of aromatic nitrogens is 2. The predicted octanol–water partition coefficient (Wildman–Crippen LogP) is 5.42. The van der Waals surface area contributed by atoms with Crippen molar-refractivity contribution in [3.05, 3.63) is 31.2 Å². The minimum absolute atomic E-state index is 0.301. The van der Waals surface area contributed by atoms with Crippen LogP contribution in [-0.2, 0) is 0 Å². The molecule has 0 aliphatic rings. The fraction of sp³-hybridized carbons (Fsp3) is 0.273. The second kappa shape index (κ2) is 6.08. The van der Waals surface area contributed by atoms with Crippen LogP contribution in [0.3, 0.4) is 0 Å². The Morgan fingerprint density at radius 3 is 2.88 bits per heavy atom. The van der Waals surface area contributed by atoms with Gasteiger partial charge in [-0.1, -0.05) is 50.1 Å². The van der Waals surface area contributed by atoms with E-state index in [1.54, 1.807) is 11.3 Å². The first-order chi connectivity index (χ1) is 8.11. The van der Waals surface area contributed by atoms with Crippen LogP contribution >= 0.6 is 65.8 Å². The maximum absolute atomic E-state index is 4.26. The molecule has 0 saturated carbocycles. The largest absolute Gasteiger partial charge is 0.149 e. The van der Waals surface area contributed by atoms with E-state index in [0.717, 1.165) is 26.5 Å². The van der Waals surface area contributed by atoms with E-state index in [-0.39, 0.29) is 0 Å². The SMILES string of the molecule is CCC(Br)c1nnc(-c2cc(I)ccc2Br)s1. The van der Waals surface area contributed by atoms with Crippen molar-refractivity contribution in [2.45, 2.75) is 18.2 Å². The van der Waals surface area contributed by atoms with Crippen LogP contribution < -0.4 is 0 Å². The van der Waals surface area contributed by atoms with Crippen molar-refractivity contribution >= 4 is 65.8 Å². The van der Waals surface area contributed by atoms with Gasteiger partial charge in [0, 0.05) is 13.6 Å². The summed E-state index contributed by atoms with van der Waals surface area (Å²) in [7, 11) is 0. The van der Waals surface area contributed by atoms with Crippen molar-refractivity contribution in [1.29, 1.82) is 0 Å². The van der Waals surface area contributed by atoms with Crippen LogP contribution in [0.15, 0.2) is 22.7 Å². The average Bonchev–Trinajstić information content (AvgIpc) is 2.80. The highest BCUT2D eigenvalue weighted by Crippen LogP contribution is 2.36. The summed E-state index contributed by atoms with van der Waals surface area (Å²) < 4.78 is 2.26. The van der Waals surface area contributed by atoms with Crippen LogP contribution in [0.25, 0.3) is 10.6 Å². The second-order valence-corrected chi connectivity index (χ2v) is 7.66. The van der Waals surface area contributed by atoms with Gasteiger partial charge in [0.1, 0.15) is 10.0 Å². The molecule has 0 saturated heterocycles. The molecule has 0 N–H and O–H groups in total. The summed E-state index contributed by atoms with van der Waals surface area (Å²) in [5.41, 5.74) is 1.11. The van der Waals surface area contributed by atoms with Gasteiger partial charge in [-0.2, -0.15) is 0 Å². The first-order valence-electron chi connectivity index (χ1n) is 5.04. The zero-order chi connectivity index (χ0) is 12.4. The molecular weight excluding hydrogens is 479 g/mol. The van der Waals surface area contributed by atoms with E-state index in [9.17, 15) is 0 Å². The first kappa shape index (κ1) is 13.9. The Morgan fingerprint density at radius 1 is 1.41 bits per heavy atom. The van der Waals surface area contributed by atoms with Crippen molar-refractivity contribution in [3.63, 3.8) is 0 Å². The Labute approximate surface area is 135 Å². The molecule has 6 heteroatoms. The van der Waals surface area contributed by atoms with Gasteiger partial charge in [-0.05, 0) is 47.2 Å². The molecule has 2 nitrogen and oxygen atoms in total. The topological polar surface area (TPSA) is 25.8 Å². The van der Waals surface area contributed by atoms with Crippen LogP contribution in [0.4, 0.5) is 0 Å². The predicted molar refractivity (Wildman–Crippen MR) is 87.7 cm³/mol. The Kier molecular flexibility index (Phi) is 4.96. The van der Waals surface area contributed by atoms with E-state index in [1.165, 1.54) is 3.57 Å². The minimum Gasteiger partial charge on any atom is -0.142 e. The number of hydrogen-bond donors (Lipinski definition) is 0. The van der Waals surface area contributed by atoms with E-state index in [4.69, 9.17) is 0 Å². The second-order valence-electron chi connectivity index (χ2n) is 3.45. The van der Waals surface area contributed by atoms with Crippen LogP contribution in [0.1, 0.15) is 23.2 Å². The molecule has 1 heterocycles. The monoisotopic (exact) mass is 486 g/mol. The van der Waals surface area contributed by atoms with Crippen molar-refractivity contribution in [1.82, 2.24) is 10.2 Å². The van der Waals surface area contributed by atoms with Crippen LogP contribution in [-0.4, -0.2) is 10.2 Å². The van der Waals surface area contributed by atoms with Gasteiger partial charge in [0.25, 0.3) is 0 Å². The fourth-order valence-corrected chi connectivity index (χ4v) is 3.67. The smallest absolute Gasteiger partial charge is 0.142 e. The molecule has 1 unspecified atom stereocenters. The van der Waals surface area contributed by atoms with Gasteiger partial charge in [0.2, 0.25) is 0 Å². The molecule has 0 radical (unpaired) electrons.